The largest absolute Gasteiger partial charge is 0.0628 e. The molecule has 1 atom stereocenters. The third kappa shape index (κ3) is 4.85. The van der Waals surface area contributed by atoms with Crippen LogP contribution in [0.4, 0.5) is 0 Å². The highest BCUT2D eigenvalue weighted by Gasteiger charge is 2.06. The highest BCUT2D eigenvalue weighted by Crippen LogP contribution is 2.18. The van der Waals surface area contributed by atoms with Crippen LogP contribution in [0.15, 0.2) is 54.6 Å². The molecular formula is C20H26. The molecule has 0 radical (unpaired) electrons. The maximum Gasteiger partial charge on any atom is -0.00258 e. The summed E-state index contributed by atoms with van der Waals surface area (Å²) in [5.41, 5.74) is 4.25. The fourth-order valence-corrected chi connectivity index (χ4v) is 2.92. The molecule has 0 aromatic heterocycles. The number of hydrogen-bond acceptors (Lipinski definition) is 0. The summed E-state index contributed by atoms with van der Waals surface area (Å²) in [6.45, 7) is 6.97. The van der Waals surface area contributed by atoms with Gasteiger partial charge in [-0.15, -0.1) is 0 Å². The molecule has 0 saturated heterocycles. The zero-order valence-corrected chi connectivity index (χ0v) is 13.0. The second-order valence-electron chi connectivity index (χ2n) is 6.42. The molecule has 2 rings (SSSR count). The highest BCUT2D eigenvalue weighted by atomic mass is 14.1. The Hall–Kier alpha value is -1.56. The topological polar surface area (TPSA) is 0 Å². The van der Waals surface area contributed by atoms with E-state index in [4.69, 9.17) is 0 Å². The van der Waals surface area contributed by atoms with Crippen LogP contribution in [0.1, 0.15) is 43.9 Å². The molecule has 0 aliphatic carbocycles. The van der Waals surface area contributed by atoms with Crippen molar-refractivity contribution in [1.82, 2.24) is 0 Å². The molecule has 1 unspecified atom stereocenters. The summed E-state index contributed by atoms with van der Waals surface area (Å²) in [6.07, 6.45) is 3.54. The maximum absolute atomic E-state index is 2.36. The summed E-state index contributed by atoms with van der Waals surface area (Å²) >= 11 is 0. The van der Waals surface area contributed by atoms with Gasteiger partial charge in [0.25, 0.3) is 0 Å². The summed E-state index contributed by atoms with van der Waals surface area (Å²) in [6, 6.07) is 19.8. The van der Waals surface area contributed by atoms with Crippen molar-refractivity contribution in [3.05, 3.63) is 71.3 Å². The normalized spacial score (nSPS) is 12.6. The first-order valence-electron chi connectivity index (χ1n) is 7.75. The van der Waals surface area contributed by atoms with Crippen LogP contribution in [0.3, 0.4) is 0 Å². The van der Waals surface area contributed by atoms with Crippen molar-refractivity contribution < 1.29 is 0 Å². The minimum atomic E-state index is 0.773. The summed E-state index contributed by atoms with van der Waals surface area (Å²) in [4.78, 5) is 0. The lowest BCUT2D eigenvalue weighted by Gasteiger charge is -2.14. The van der Waals surface area contributed by atoms with Gasteiger partial charge in [0.05, 0.1) is 0 Å². The van der Waals surface area contributed by atoms with E-state index in [0.717, 1.165) is 18.3 Å². The van der Waals surface area contributed by atoms with Crippen LogP contribution in [-0.4, -0.2) is 0 Å². The van der Waals surface area contributed by atoms with Gasteiger partial charge in [0, 0.05) is 0 Å². The van der Waals surface area contributed by atoms with Crippen LogP contribution in [0, 0.1) is 11.8 Å². The quantitative estimate of drug-likeness (QED) is 0.647. The third-order valence-corrected chi connectivity index (χ3v) is 3.73. The average molecular weight is 266 g/mol. The van der Waals surface area contributed by atoms with Crippen molar-refractivity contribution in [2.24, 2.45) is 11.8 Å². The van der Waals surface area contributed by atoms with E-state index in [1.54, 1.807) is 0 Å². The summed E-state index contributed by atoms with van der Waals surface area (Å²) in [5.74, 6) is 1.57. The fourth-order valence-electron chi connectivity index (χ4n) is 2.92. The van der Waals surface area contributed by atoms with Gasteiger partial charge in [0.15, 0.2) is 0 Å². The van der Waals surface area contributed by atoms with E-state index in [0.29, 0.717) is 0 Å². The fraction of sp³-hybridized carbons (Fsp3) is 0.400. The van der Waals surface area contributed by atoms with Crippen LogP contribution in [0.25, 0.3) is 0 Å². The van der Waals surface area contributed by atoms with E-state index < -0.39 is 0 Å². The van der Waals surface area contributed by atoms with Gasteiger partial charge in [0.2, 0.25) is 0 Å². The third-order valence-electron chi connectivity index (χ3n) is 3.73. The lowest BCUT2D eigenvalue weighted by atomic mass is 9.92. The molecule has 0 heterocycles. The zero-order valence-electron chi connectivity index (χ0n) is 13.0. The van der Waals surface area contributed by atoms with Crippen molar-refractivity contribution in [3.8, 4) is 0 Å². The van der Waals surface area contributed by atoms with Gasteiger partial charge in [-0.3, -0.25) is 0 Å². The average Bonchev–Trinajstić information content (AvgIpc) is 2.41. The maximum atomic E-state index is 2.36. The Morgan fingerprint density at radius 1 is 0.700 bits per heavy atom. The van der Waals surface area contributed by atoms with Crippen molar-refractivity contribution in [2.75, 3.05) is 0 Å². The second kappa shape index (κ2) is 7.28. The van der Waals surface area contributed by atoms with Gasteiger partial charge < -0.3 is 0 Å². The molecule has 0 bridgehead atoms. The van der Waals surface area contributed by atoms with Crippen molar-refractivity contribution in [1.29, 1.82) is 0 Å². The molecule has 0 N–H and O–H groups in total. The van der Waals surface area contributed by atoms with Gasteiger partial charge in [0.1, 0.15) is 0 Å². The van der Waals surface area contributed by atoms with Gasteiger partial charge >= 0.3 is 0 Å². The summed E-state index contributed by atoms with van der Waals surface area (Å²) < 4.78 is 0. The predicted molar refractivity (Wildman–Crippen MR) is 88.0 cm³/mol. The summed E-state index contributed by atoms with van der Waals surface area (Å²) in [7, 11) is 0. The molecule has 0 aliphatic heterocycles. The summed E-state index contributed by atoms with van der Waals surface area (Å²) in [5, 5.41) is 0. The Labute approximate surface area is 123 Å². The molecule has 0 aliphatic rings. The molecule has 0 fully saturated rings. The van der Waals surface area contributed by atoms with Gasteiger partial charge in [-0.2, -0.15) is 0 Å². The first-order chi connectivity index (χ1) is 9.63. The highest BCUT2D eigenvalue weighted by molar-refractivity contribution is 5.28. The first kappa shape index (κ1) is 14.8. The molecule has 2 aromatic carbocycles. The molecule has 0 spiro atoms. The van der Waals surface area contributed by atoms with Gasteiger partial charge in [-0.1, -0.05) is 75.4 Å². The number of benzene rings is 2. The Balaban J connectivity index is 1.93. The van der Waals surface area contributed by atoms with Gasteiger partial charge in [-0.05, 0) is 47.8 Å². The van der Waals surface area contributed by atoms with Crippen molar-refractivity contribution in [2.45, 2.75) is 40.0 Å². The Kier molecular flexibility index (Phi) is 5.40. The molecule has 2 aromatic rings. The van der Waals surface area contributed by atoms with Crippen molar-refractivity contribution >= 4 is 0 Å². The van der Waals surface area contributed by atoms with Crippen LogP contribution in [0.5, 0.6) is 0 Å². The zero-order chi connectivity index (χ0) is 14.4. The minimum Gasteiger partial charge on any atom is -0.0628 e. The smallest absolute Gasteiger partial charge is 0.00258 e. The molecule has 20 heavy (non-hydrogen) atoms. The number of rotatable bonds is 6. The van der Waals surface area contributed by atoms with Crippen LogP contribution < -0.4 is 0 Å². The molecule has 0 heteroatoms. The lowest BCUT2D eigenvalue weighted by Crippen LogP contribution is -2.03. The Morgan fingerprint density at radius 2 is 1.25 bits per heavy atom. The predicted octanol–water partition coefficient (Wildman–Crippen LogP) is 5.50. The van der Waals surface area contributed by atoms with Crippen LogP contribution in [0.2, 0.25) is 0 Å². The standard InChI is InChI=1S/C20H26/c1-16(2)13-17(3)14-19-9-11-20(12-10-19)15-18-7-5-4-6-8-18/h4-12,16-17H,13-15H2,1-3H3. The van der Waals surface area contributed by atoms with E-state index in [2.05, 4.69) is 75.4 Å². The Morgan fingerprint density at radius 3 is 1.85 bits per heavy atom. The minimum absolute atomic E-state index is 0.773. The monoisotopic (exact) mass is 266 g/mol. The van der Waals surface area contributed by atoms with E-state index >= 15 is 0 Å². The molecule has 0 amide bonds. The van der Waals surface area contributed by atoms with Crippen molar-refractivity contribution in [3.63, 3.8) is 0 Å². The van der Waals surface area contributed by atoms with Gasteiger partial charge in [-0.25, -0.2) is 0 Å². The second-order valence-corrected chi connectivity index (χ2v) is 6.42. The van der Waals surface area contributed by atoms with Crippen LogP contribution >= 0.6 is 0 Å². The molecule has 106 valence electrons. The molecule has 0 nitrogen and oxygen atoms in total. The number of hydrogen-bond donors (Lipinski definition) is 0. The molecular weight excluding hydrogens is 240 g/mol. The molecule has 0 saturated carbocycles. The van der Waals surface area contributed by atoms with E-state index in [1.165, 1.54) is 29.5 Å². The van der Waals surface area contributed by atoms with E-state index in [-0.39, 0.29) is 0 Å². The lowest BCUT2D eigenvalue weighted by molar-refractivity contribution is 0.437. The SMILES string of the molecule is CC(C)CC(C)Cc1ccc(Cc2ccccc2)cc1. The van der Waals surface area contributed by atoms with Crippen LogP contribution in [-0.2, 0) is 12.8 Å². The first-order valence-corrected chi connectivity index (χ1v) is 7.75. The Bertz CT molecular complexity index is 493. The van der Waals surface area contributed by atoms with E-state index in [1.807, 2.05) is 0 Å². The van der Waals surface area contributed by atoms with E-state index in [9.17, 15) is 0 Å².